The highest BCUT2D eigenvalue weighted by atomic mass is 32.1. The number of hydrogen-bond donors (Lipinski definition) is 2. The van der Waals surface area contributed by atoms with Gasteiger partial charge in [0.05, 0.1) is 12.2 Å². The van der Waals surface area contributed by atoms with Crippen molar-refractivity contribution in [3.05, 3.63) is 39.8 Å². The molecule has 5 nitrogen and oxygen atoms in total. The van der Waals surface area contributed by atoms with Gasteiger partial charge in [-0.15, -0.1) is 11.3 Å². The van der Waals surface area contributed by atoms with Crippen LogP contribution in [0.25, 0.3) is 0 Å². The first-order valence-electron chi connectivity index (χ1n) is 7.74. The summed E-state index contributed by atoms with van der Waals surface area (Å²) in [6.07, 6.45) is 1.02. The lowest BCUT2D eigenvalue weighted by atomic mass is 10.4. The molecule has 0 aliphatic rings. The van der Waals surface area contributed by atoms with Crippen molar-refractivity contribution in [3.8, 4) is 0 Å². The Morgan fingerprint density at radius 2 is 2.23 bits per heavy atom. The molecular weight excluding hydrogens is 294 g/mol. The highest BCUT2D eigenvalue weighted by molar-refractivity contribution is 7.09. The fourth-order valence-electron chi connectivity index (χ4n) is 2.24. The van der Waals surface area contributed by atoms with E-state index in [9.17, 15) is 0 Å². The molecule has 0 unspecified atom stereocenters. The van der Waals surface area contributed by atoms with E-state index in [-0.39, 0.29) is 0 Å². The highest BCUT2D eigenvalue weighted by Gasteiger charge is 2.01. The average Bonchev–Trinajstić information content (AvgIpc) is 3.10. The zero-order valence-electron chi connectivity index (χ0n) is 13.6. The summed E-state index contributed by atoms with van der Waals surface area (Å²) in [5, 5.41) is 13.2. The quantitative estimate of drug-likeness (QED) is 0.469. The number of nitrogens with one attached hydrogen (secondary N) is 2. The number of nitrogens with zero attached hydrogens (tertiary/aromatic N) is 3. The monoisotopic (exact) mass is 319 g/mol. The molecule has 0 bridgehead atoms. The number of hydrogen-bond acceptors (Lipinski definition) is 3. The summed E-state index contributed by atoms with van der Waals surface area (Å²) >= 11 is 1.74. The third-order valence-corrected chi connectivity index (χ3v) is 4.12. The van der Waals surface area contributed by atoms with E-state index in [1.807, 2.05) is 6.92 Å². The minimum absolute atomic E-state index is 0.727. The predicted molar refractivity (Wildman–Crippen MR) is 93.5 cm³/mol. The fourth-order valence-corrected chi connectivity index (χ4v) is 2.87. The molecular formula is C16H25N5S. The smallest absolute Gasteiger partial charge is 0.191 e. The first-order chi connectivity index (χ1) is 10.7. The van der Waals surface area contributed by atoms with Crippen molar-refractivity contribution in [2.75, 3.05) is 13.1 Å². The predicted octanol–water partition coefficient (Wildman–Crippen LogP) is 2.71. The van der Waals surface area contributed by atoms with Crippen molar-refractivity contribution in [1.29, 1.82) is 0 Å². The van der Waals surface area contributed by atoms with Crippen LogP contribution in [0.5, 0.6) is 0 Å². The van der Waals surface area contributed by atoms with Gasteiger partial charge in [-0.1, -0.05) is 6.07 Å². The molecule has 22 heavy (non-hydrogen) atoms. The largest absolute Gasteiger partial charge is 0.357 e. The summed E-state index contributed by atoms with van der Waals surface area (Å²) in [4.78, 5) is 5.88. The molecule has 0 aliphatic carbocycles. The van der Waals surface area contributed by atoms with Crippen molar-refractivity contribution in [1.82, 2.24) is 20.4 Å². The summed E-state index contributed by atoms with van der Waals surface area (Å²) in [5.41, 5.74) is 2.30. The summed E-state index contributed by atoms with van der Waals surface area (Å²) < 4.78 is 2.06. The second-order valence-electron chi connectivity index (χ2n) is 5.21. The maximum Gasteiger partial charge on any atom is 0.191 e. The van der Waals surface area contributed by atoms with Crippen LogP contribution in [0.2, 0.25) is 0 Å². The maximum absolute atomic E-state index is 4.60. The average molecular weight is 319 g/mol. The molecule has 0 saturated carbocycles. The van der Waals surface area contributed by atoms with Crippen LogP contribution in [0, 0.1) is 13.8 Å². The van der Waals surface area contributed by atoms with E-state index in [2.05, 4.69) is 62.8 Å². The van der Waals surface area contributed by atoms with E-state index in [0.29, 0.717) is 0 Å². The third kappa shape index (κ3) is 5.18. The van der Waals surface area contributed by atoms with Gasteiger partial charge < -0.3 is 10.6 Å². The Labute approximate surface area is 136 Å². The molecule has 0 saturated heterocycles. The molecule has 6 heteroatoms. The Bertz CT molecular complexity index is 586. The normalized spacial score (nSPS) is 11.7. The lowest BCUT2D eigenvalue weighted by molar-refractivity contribution is 0.555. The Morgan fingerprint density at radius 1 is 1.36 bits per heavy atom. The van der Waals surface area contributed by atoms with E-state index < -0.39 is 0 Å². The van der Waals surface area contributed by atoms with Gasteiger partial charge in [-0.05, 0) is 44.7 Å². The lowest BCUT2D eigenvalue weighted by Gasteiger charge is -2.11. The van der Waals surface area contributed by atoms with Gasteiger partial charge in [0.25, 0.3) is 0 Å². The van der Waals surface area contributed by atoms with Crippen LogP contribution in [0.4, 0.5) is 0 Å². The molecule has 2 aromatic heterocycles. The van der Waals surface area contributed by atoms with Gasteiger partial charge in [-0.25, -0.2) is 4.99 Å². The number of thiophene rings is 1. The molecule has 120 valence electrons. The van der Waals surface area contributed by atoms with Crippen LogP contribution in [-0.4, -0.2) is 28.8 Å². The first kappa shape index (κ1) is 16.5. The van der Waals surface area contributed by atoms with Gasteiger partial charge in [0.2, 0.25) is 0 Å². The molecule has 2 rings (SSSR count). The molecule has 0 fully saturated rings. The minimum atomic E-state index is 0.727. The van der Waals surface area contributed by atoms with Gasteiger partial charge in [-0.2, -0.15) is 5.10 Å². The van der Waals surface area contributed by atoms with Crippen LogP contribution < -0.4 is 10.6 Å². The summed E-state index contributed by atoms with van der Waals surface area (Å²) in [6.45, 7) is 9.62. The van der Waals surface area contributed by atoms with Crippen molar-refractivity contribution in [2.24, 2.45) is 4.99 Å². The van der Waals surface area contributed by atoms with Crippen LogP contribution in [0.1, 0.15) is 29.6 Å². The van der Waals surface area contributed by atoms with Gasteiger partial charge >= 0.3 is 0 Å². The summed E-state index contributed by atoms with van der Waals surface area (Å²) in [7, 11) is 0. The first-order valence-corrected chi connectivity index (χ1v) is 8.62. The van der Waals surface area contributed by atoms with Gasteiger partial charge in [0.15, 0.2) is 5.96 Å². The summed E-state index contributed by atoms with van der Waals surface area (Å²) in [6, 6.07) is 6.28. The fraction of sp³-hybridized carbons (Fsp3) is 0.500. The Kier molecular flexibility index (Phi) is 6.45. The molecule has 0 spiro atoms. The number of guanidine groups is 1. The van der Waals surface area contributed by atoms with Crippen molar-refractivity contribution in [3.63, 3.8) is 0 Å². The minimum Gasteiger partial charge on any atom is -0.357 e. The molecule has 0 atom stereocenters. The topological polar surface area (TPSA) is 54.2 Å². The zero-order chi connectivity index (χ0) is 15.8. The maximum atomic E-state index is 4.60. The SMILES string of the molecule is CCNC(=NCc1cccs1)NCCCn1nc(C)cc1C. The second kappa shape index (κ2) is 8.58. The van der Waals surface area contributed by atoms with Crippen molar-refractivity contribution < 1.29 is 0 Å². The number of aliphatic imine (C=N–C) groups is 1. The second-order valence-corrected chi connectivity index (χ2v) is 6.24. The van der Waals surface area contributed by atoms with Gasteiger partial charge in [0, 0.05) is 30.2 Å². The van der Waals surface area contributed by atoms with Crippen molar-refractivity contribution in [2.45, 2.75) is 40.3 Å². The molecule has 0 amide bonds. The number of aromatic nitrogens is 2. The van der Waals surface area contributed by atoms with E-state index in [1.54, 1.807) is 11.3 Å². The van der Waals surface area contributed by atoms with Crippen LogP contribution in [0.15, 0.2) is 28.6 Å². The third-order valence-electron chi connectivity index (χ3n) is 3.26. The van der Waals surface area contributed by atoms with E-state index in [1.165, 1.54) is 10.6 Å². The Balaban J connectivity index is 1.76. The van der Waals surface area contributed by atoms with E-state index in [0.717, 1.165) is 44.3 Å². The standard InChI is InChI=1S/C16H25N5S/c1-4-17-16(19-12-15-7-5-10-22-15)18-8-6-9-21-14(3)11-13(2)20-21/h5,7,10-11H,4,6,8-9,12H2,1-3H3,(H2,17,18,19). The molecule has 0 radical (unpaired) electrons. The Morgan fingerprint density at radius 3 is 2.86 bits per heavy atom. The molecule has 2 N–H and O–H groups in total. The molecule has 2 aromatic rings. The molecule has 0 aliphatic heterocycles. The van der Waals surface area contributed by atoms with Crippen molar-refractivity contribution >= 4 is 17.3 Å². The molecule has 0 aromatic carbocycles. The number of aryl methyl sites for hydroxylation is 3. The zero-order valence-corrected chi connectivity index (χ0v) is 14.4. The lowest BCUT2D eigenvalue weighted by Crippen LogP contribution is -2.38. The Hall–Kier alpha value is -1.82. The van der Waals surface area contributed by atoms with E-state index >= 15 is 0 Å². The van der Waals surface area contributed by atoms with Gasteiger partial charge in [0.1, 0.15) is 0 Å². The summed E-state index contributed by atoms with van der Waals surface area (Å²) in [5.74, 6) is 0.879. The van der Waals surface area contributed by atoms with Crippen LogP contribution in [0.3, 0.4) is 0 Å². The van der Waals surface area contributed by atoms with E-state index in [4.69, 9.17) is 0 Å². The molecule has 2 heterocycles. The van der Waals surface area contributed by atoms with Crippen LogP contribution >= 0.6 is 11.3 Å². The number of rotatable bonds is 7. The highest BCUT2D eigenvalue weighted by Crippen LogP contribution is 2.09. The van der Waals surface area contributed by atoms with Crippen LogP contribution in [-0.2, 0) is 13.1 Å². The van der Waals surface area contributed by atoms with Gasteiger partial charge in [-0.3, -0.25) is 4.68 Å².